The van der Waals surface area contributed by atoms with Gasteiger partial charge in [-0.1, -0.05) is 18.2 Å². The number of aliphatic hydroxyl groups is 1. The fourth-order valence-electron chi connectivity index (χ4n) is 4.80. The summed E-state index contributed by atoms with van der Waals surface area (Å²) in [7, 11) is 0. The van der Waals surface area contributed by atoms with Gasteiger partial charge in [-0.25, -0.2) is 0 Å². The number of fused-ring (bicyclic) bond motifs is 1. The van der Waals surface area contributed by atoms with Crippen LogP contribution in [0, 0.1) is 0 Å². The Labute approximate surface area is 214 Å². The lowest BCUT2D eigenvalue weighted by Gasteiger charge is -2.22. The zero-order chi connectivity index (χ0) is 25.5. The molecule has 7 nitrogen and oxygen atoms in total. The van der Waals surface area contributed by atoms with Gasteiger partial charge in [0.05, 0.1) is 17.4 Å². The van der Waals surface area contributed by atoms with Crippen molar-refractivity contribution in [3.8, 4) is 11.5 Å². The maximum Gasteiger partial charge on any atom is 0.250 e. The fraction of sp³-hybridized carbons (Fsp3) is 0.483. The Morgan fingerprint density at radius 3 is 2.83 bits per heavy atom. The van der Waals surface area contributed by atoms with Crippen LogP contribution in [0.5, 0.6) is 11.5 Å². The molecule has 1 atom stereocenters. The molecule has 2 aromatic rings. The lowest BCUT2D eigenvalue weighted by Crippen LogP contribution is -2.32. The molecule has 4 N–H and O–H groups in total. The summed E-state index contributed by atoms with van der Waals surface area (Å²) in [6, 6.07) is 10.4. The van der Waals surface area contributed by atoms with E-state index in [0.29, 0.717) is 31.2 Å². The van der Waals surface area contributed by atoms with Gasteiger partial charge in [-0.3, -0.25) is 4.79 Å². The molecule has 1 unspecified atom stereocenters. The number of carbonyl (C=O) groups excluding carboxylic acids is 1. The van der Waals surface area contributed by atoms with E-state index in [1.807, 2.05) is 18.2 Å². The minimum atomic E-state index is -0.402. The van der Waals surface area contributed by atoms with Gasteiger partial charge in [0.2, 0.25) is 0 Å². The molecule has 0 spiro atoms. The second kappa shape index (κ2) is 12.3. The average molecular weight is 494 g/mol. The first kappa shape index (κ1) is 26.0. The second-order valence-corrected chi connectivity index (χ2v) is 9.83. The van der Waals surface area contributed by atoms with Crippen LogP contribution in [-0.4, -0.2) is 56.0 Å². The van der Waals surface area contributed by atoms with Gasteiger partial charge in [0.15, 0.2) is 11.5 Å². The molecule has 2 aliphatic rings. The standard InChI is InChI=1S/C29H39N3O4/c1-3-5-21-6-9-26(27(19-21)36-24-7-8-24)35-15-11-31-20(2)16-22-17-23-10-13-32(12-4-14-33)28(23)25(18-22)29(30)34/h3,6,9,17-20,24,31,33H,1,4-5,7-8,10-16H2,2H3,(H2,30,34). The number of carbonyl (C=O) groups is 1. The van der Waals surface area contributed by atoms with E-state index in [-0.39, 0.29) is 12.6 Å². The lowest BCUT2D eigenvalue weighted by molar-refractivity contribution is 0.100. The molecule has 1 heterocycles. The third-order valence-electron chi connectivity index (χ3n) is 6.67. The van der Waals surface area contributed by atoms with Crippen LogP contribution in [0.4, 0.5) is 5.69 Å². The first-order valence-corrected chi connectivity index (χ1v) is 13.1. The van der Waals surface area contributed by atoms with E-state index in [0.717, 1.165) is 73.5 Å². The molecule has 1 aliphatic carbocycles. The van der Waals surface area contributed by atoms with Crippen LogP contribution in [0.2, 0.25) is 0 Å². The maximum absolute atomic E-state index is 12.2. The quantitative estimate of drug-likeness (QED) is 0.260. The number of anilines is 1. The van der Waals surface area contributed by atoms with Crippen molar-refractivity contribution < 1.29 is 19.4 Å². The summed E-state index contributed by atoms with van der Waals surface area (Å²) in [5.74, 6) is 1.19. The number of amides is 1. The molecule has 1 amide bonds. The molecule has 0 radical (unpaired) electrons. The number of hydrogen-bond donors (Lipinski definition) is 3. The smallest absolute Gasteiger partial charge is 0.250 e. The van der Waals surface area contributed by atoms with Crippen molar-refractivity contribution in [2.75, 3.05) is 37.7 Å². The zero-order valence-corrected chi connectivity index (χ0v) is 21.3. The van der Waals surface area contributed by atoms with Crippen LogP contribution < -0.4 is 25.4 Å². The average Bonchev–Trinajstić information content (AvgIpc) is 3.58. The van der Waals surface area contributed by atoms with Crippen molar-refractivity contribution in [3.05, 3.63) is 65.2 Å². The molecular formula is C29H39N3O4. The predicted octanol–water partition coefficient (Wildman–Crippen LogP) is 3.40. The van der Waals surface area contributed by atoms with E-state index in [4.69, 9.17) is 15.2 Å². The topological polar surface area (TPSA) is 97.0 Å². The Bertz CT molecular complexity index is 1070. The van der Waals surface area contributed by atoms with Crippen LogP contribution in [0.25, 0.3) is 0 Å². The number of nitrogens with one attached hydrogen (secondary N) is 1. The Hall–Kier alpha value is -3.03. The van der Waals surface area contributed by atoms with Crippen LogP contribution in [0.1, 0.15) is 53.2 Å². The monoisotopic (exact) mass is 493 g/mol. The van der Waals surface area contributed by atoms with E-state index in [1.165, 1.54) is 5.56 Å². The predicted molar refractivity (Wildman–Crippen MR) is 143 cm³/mol. The molecule has 1 saturated carbocycles. The minimum absolute atomic E-state index is 0.137. The first-order valence-electron chi connectivity index (χ1n) is 13.1. The van der Waals surface area contributed by atoms with Gasteiger partial charge in [-0.05, 0) is 80.3 Å². The number of nitrogens with two attached hydrogens (primary N) is 1. The van der Waals surface area contributed by atoms with Gasteiger partial charge in [0.25, 0.3) is 5.91 Å². The molecule has 194 valence electrons. The molecule has 0 aromatic heterocycles. The van der Waals surface area contributed by atoms with Gasteiger partial charge in [-0.15, -0.1) is 6.58 Å². The van der Waals surface area contributed by atoms with E-state index < -0.39 is 5.91 Å². The summed E-state index contributed by atoms with van der Waals surface area (Å²) < 4.78 is 12.1. The number of ether oxygens (including phenoxy) is 2. The Kier molecular flexibility index (Phi) is 8.88. The first-order chi connectivity index (χ1) is 17.5. The van der Waals surface area contributed by atoms with Gasteiger partial charge in [0, 0.05) is 32.3 Å². The summed E-state index contributed by atoms with van der Waals surface area (Å²) in [5, 5.41) is 12.7. The molecule has 1 aliphatic heterocycles. The normalized spacial score (nSPS) is 15.4. The highest BCUT2D eigenvalue weighted by molar-refractivity contribution is 6.00. The van der Waals surface area contributed by atoms with E-state index >= 15 is 0 Å². The summed E-state index contributed by atoms with van der Waals surface area (Å²) >= 11 is 0. The Morgan fingerprint density at radius 2 is 2.11 bits per heavy atom. The molecule has 36 heavy (non-hydrogen) atoms. The minimum Gasteiger partial charge on any atom is -0.488 e. The summed E-state index contributed by atoms with van der Waals surface area (Å²) in [4.78, 5) is 14.4. The fourth-order valence-corrected chi connectivity index (χ4v) is 4.80. The summed E-state index contributed by atoms with van der Waals surface area (Å²) in [6.07, 6.45) is 7.57. The van der Waals surface area contributed by atoms with Crippen molar-refractivity contribution >= 4 is 11.6 Å². The number of rotatable bonds is 15. The highest BCUT2D eigenvalue weighted by atomic mass is 16.5. The van der Waals surface area contributed by atoms with E-state index in [2.05, 4.69) is 41.9 Å². The number of nitrogens with zero attached hydrogens (tertiary/aromatic N) is 1. The number of aliphatic hydroxyl groups excluding tert-OH is 1. The van der Waals surface area contributed by atoms with Crippen molar-refractivity contribution in [1.29, 1.82) is 0 Å². The molecule has 0 bridgehead atoms. The van der Waals surface area contributed by atoms with Gasteiger partial charge >= 0.3 is 0 Å². The van der Waals surface area contributed by atoms with Gasteiger partial charge in [-0.2, -0.15) is 0 Å². The number of primary amides is 1. The third-order valence-corrected chi connectivity index (χ3v) is 6.67. The van der Waals surface area contributed by atoms with E-state index in [1.54, 1.807) is 0 Å². The number of benzene rings is 2. The van der Waals surface area contributed by atoms with Crippen molar-refractivity contribution in [1.82, 2.24) is 5.32 Å². The zero-order valence-electron chi connectivity index (χ0n) is 21.3. The molecule has 1 fully saturated rings. The maximum atomic E-state index is 12.2. The molecular weight excluding hydrogens is 454 g/mol. The molecule has 4 rings (SSSR count). The molecule has 2 aromatic carbocycles. The van der Waals surface area contributed by atoms with E-state index in [9.17, 15) is 9.90 Å². The van der Waals surface area contributed by atoms with Gasteiger partial charge in [0.1, 0.15) is 6.61 Å². The van der Waals surface area contributed by atoms with Gasteiger partial charge < -0.3 is 30.5 Å². The SMILES string of the molecule is C=CCc1ccc(OCCNC(C)Cc2cc3c(c(C(N)=O)c2)N(CCCO)CC3)c(OC2CC2)c1. The summed E-state index contributed by atoms with van der Waals surface area (Å²) in [5.41, 5.74) is 10.7. The molecule has 0 saturated heterocycles. The summed E-state index contributed by atoms with van der Waals surface area (Å²) in [6.45, 7) is 8.90. The van der Waals surface area contributed by atoms with Crippen LogP contribution in [0.3, 0.4) is 0 Å². The highest BCUT2D eigenvalue weighted by Gasteiger charge is 2.26. The third kappa shape index (κ3) is 6.80. The van der Waals surface area contributed by atoms with Crippen LogP contribution in [0.15, 0.2) is 43.0 Å². The second-order valence-electron chi connectivity index (χ2n) is 9.83. The van der Waals surface area contributed by atoms with Crippen molar-refractivity contribution in [2.45, 2.75) is 57.6 Å². The highest BCUT2D eigenvalue weighted by Crippen LogP contribution is 2.35. The Morgan fingerprint density at radius 1 is 1.28 bits per heavy atom. The number of hydrogen-bond acceptors (Lipinski definition) is 6. The largest absolute Gasteiger partial charge is 0.488 e. The van der Waals surface area contributed by atoms with Crippen molar-refractivity contribution in [2.24, 2.45) is 5.73 Å². The lowest BCUT2D eigenvalue weighted by atomic mass is 9.98. The number of allylic oxidation sites excluding steroid dienone is 1. The molecule has 7 heteroatoms. The van der Waals surface area contributed by atoms with Crippen molar-refractivity contribution in [3.63, 3.8) is 0 Å². The van der Waals surface area contributed by atoms with Crippen LogP contribution in [-0.2, 0) is 19.3 Å². The van der Waals surface area contributed by atoms with Crippen LogP contribution >= 0.6 is 0 Å². The Balaban J connectivity index is 1.31.